The number of fused-ring (bicyclic) bond motifs is 1. The number of hydrogen-bond donors (Lipinski definition) is 0. The Bertz CT molecular complexity index is 611. The van der Waals surface area contributed by atoms with Crippen molar-refractivity contribution < 1.29 is 4.74 Å². The molecule has 0 N–H and O–H groups in total. The summed E-state index contributed by atoms with van der Waals surface area (Å²) in [5, 5.41) is 0. The number of rotatable bonds is 3. The minimum Gasteiger partial charge on any atom is -0.487 e. The van der Waals surface area contributed by atoms with E-state index in [-0.39, 0.29) is 5.60 Å². The lowest BCUT2D eigenvalue weighted by atomic mass is 9.83. The number of likely N-dealkylation sites (tertiary alicyclic amines) is 2. The van der Waals surface area contributed by atoms with Crippen molar-refractivity contribution in [2.75, 3.05) is 19.6 Å². The number of hydrogen-bond acceptors (Lipinski definition) is 3. The molecule has 1 spiro atoms. The molecule has 0 aromatic heterocycles. The minimum atomic E-state index is 0.107. The Hall–Kier alpha value is -1.06. The molecule has 3 heterocycles. The lowest BCUT2D eigenvalue weighted by Crippen LogP contribution is -2.49. The van der Waals surface area contributed by atoms with Gasteiger partial charge in [-0.3, -0.25) is 4.90 Å². The van der Waals surface area contributed by atoms with Gasteiger partial charge < -0.3 is 9.64 Å². The second-order valence-electron chi connectivity index (χ2n) is 8.96. The van der Waals surface area contributed by atoms with E-state index in [2.05, 4.69) is 48.8 Å². The SMILES string of the molecule is CCN1CCC2(CCc3cc(CN4C(C)CCCC4C)ccc3O2)CC1. The number of benzene rings is 1. The van der Waals surface area contributed by atoms with Crippen LogP contribution in [0, 0.1) is 0 Å². The molecule has 2 fully saturated rings. The Kier molecular flexibility index (Phi) is 5.29. The van der Waals surface area contributed by atoms with Crippen molar-refractivity contribution >= 4 is 0 Å². The van der Waals surface area contributed by atoms with E-state index < -0.39 is 0 Å². The molecule has 2 saturated heterocycles. The van der Waals surface area contributed by atoms with Gasteiger partial charge in [0.1, 0.15) is 11.4 Å². The largest absolute Gasteiger partial charge is 0.487 e. The molecule has 1 aromatic rings. The molecule has 3 nitrogen and oxygen atoms in total. The summed E-state index contributed by atoms with van der Waals surface area (Å²) in [5.74, 6) is 1.16. The zero-order valence-electron chi connectivity index (χ0n) is 17.0. The number of ether oxygens (including phenoxy) is 1. The quantitative estimate of drug-likeness (QED) is 0.785. The van der Waals surface area contributed by atoms with Crippen molar-refractivity contribution in [3.63, 3.8) is 0 Å². The van der Waals surface area contributed by atoms with Crippen molar-refractivity contribution in [3.05, 3.63) is 29.3 Å². The molecule has 0 aliphatic carbocycles. The monoisotopic (exact) mass is 356 g/mol. The molecule has 0 amide bonds. The summed E-state index contributed by atoms with van der Waals surface area (Å²) in [6.07, 6.45) is 8.81. The molecule has 144 valence electrons. The lowest BCUT2D eigenvalue weighted by Gasteiger charge is -2.44. The van der Waals surface area contributed by atoms with E-state index in [1.165, 1.54) is 75.7 Å². The van der Waals surface area contributed by atoms with E-state index in [0.29, 0.717) is 12.1 Å². The van der Waals surface area contributed by atoms with Crippen LogP contribution in [0.25, 0.3) is 0 Å². The van der Waals surface area contributed by atoms with E-state index in [4.69, 9.17) is 4.74 Å². The number of piperidine rings is 2. The smallest absolute Gasteiger partial charge is 0.123 e. The first kappa shape index (κ1) is 18.3. The maximum Gasteiger partial charge on any atom is 0.123 e. The predicted molar refractivity (Wildman–Crippen MR) is 108 cm³/mol. The van der Waals surface area contributed by atoms with E-state index in [1.54, 1.807) is 0 Å². The van der Waals surface area contributed by atoms with Gasteiger partial charge in [-0.2, -0.15) is 0 Å². The van der Waals surface area contributed by atoms with Crippen LogP contribution in [0.2, 0.25) is 0 Å². The van der Waals surface area contributed by atoms with E-state index in [9.17, 15) is 0 Å². The molecule has 1 aromatic carbocycles. The molecular weight excluding hydrogens is 320 g/mol. The lowest BCUT2D eigenvalue weighted by molar-refractivity contribution is -0.0133. The molecular formula is C23H36N2O. The van der Waals surface area contributed by atoms with Gasteiger partial charge in [0.05, 0.1) is 0 Å². The normalized spacial score (nSPS) is 29.3. The van der Waals surface area contributed by atoms with Crippen LogP contribution < -0.4 is 4.74 Å². The van der Waals surface area contributed by atoms with E-state index >= 15 is 0 Å². The molecule has 0 bridgehead atoms. The fourth-order valence-electron chi connectivity index (χ4n) is 5.30. The molecule has 0 radical (unpaired) electrons. The van der Waals surface area contributed by atoms with Gasteiger partial charge in [0.25, 0.3) is 0 Å². The summed E-state index contributed by atoms with van der Waals surface area (Å²) in [4.78, 5) is 5.24. The highest BCUT2D eigenvalue weighted by Crippen LogP contribution is 2.40. The molecule has 2 unspecified atom stereocenters. The highest BCUT2D eigenvalue weighted by Gasteiger charge is 2.39. The topological polar surface area (TPSA) is 15.7 Å². The van der Waals surface area contributed by atoms with Gasteiger partial charge in [-0.05, 0) is 76.1 Å². The van der Waals surface area contributed by atoms with Crippen LogP contribution in [0.15, 0.2) is 18.2 Å². The first-order valence-corrected chi connectivity index (χ1v) is 10.9. The Balaban J connectivity index is 1.44. The predicted octanol–water partition coefficient (Wildman–Crippen LogP) is 4.63. The Morgan fingerprint density at radius 1 is 1.08 bits per heavy atom. The Morgan fingerprint density at radius 2 is 1.81 bits per heavy atom. The highest BCUT2D eigenvalue weighted by molar-refractivity contribution is 5.40. The van der Waals surface area contributed by atoms with Gasteiger partial charge in [0.2, 0.25) is 0 Å². The van der Waals surface area contributed by atoms with Crippen LogP contribution in [0.3, 0.4) is 0 Å². The third-order valence-electron chi connectivity index (χ3n) is 7.26. The van der Waals surface area contributed by atoms with Crippen molar-refractivity contribution in [3.8, 4) is 5.75 Å². The van der Waals surface area contributed by atoms with Gasteiger partial charge in [-0.15, -0.1) is 0 Å². The first-order chi connectivity index (χ1) is 12.6. The van der Waals surface area contributed by atoms with Crippen molar-refractivity contribution in [2.24, 2.45) is 0 Å². The molecule has 0 saturated carbocycles. The third kappa shape index (κ3) is 3.66. The zero-order valence-corrected chi connectivity index (χ0v) is 17.0. The summed E-state index contributed by atoms with van der Waals surface area (Å²) in [6.45, 7) is 11.7. The summed E-state index contributed by atoms with van der Waals surface area (Å²) in [7, 11) is 0. The van der Waals surface area contributed by atoms with Crippen molar-refractivity contribution in [1.29, 1.82) is 0 Å². The Labute approximate surface area is 159 Å². The van der Waals surface area contributed by atoms with Gasteiger partial charge in [0, 0.05) is 31.7 Å². The minimum absolute atomic E-state index is 0.107. The average Bonchev–Trinajstić information content (AvgIpc) is 2.66. The van der Waals surface area contributed by atoms with Crippen LogP contribution in [0.4, 0.5) is 0 Å². The van der Waals surface area contributed by atoms with Crippen LogP contribution in [0.5, 0.6) is 5.75 Å². The van der Waals surface area contributed by atoms with Gasteiger partial charge >= 0.3 is 0 Å². The fraction of sp³-hybridized carbons (Fsp3) is 0.739. The van der Waals surface area contributed by atoms with Crippen LogP contribution in [-0.4, -0.2) is 47.1 Å². The second-order valence-corrected chi connectivity index (χ2v) is 8.96. The van der Waals surface area contributed by atoms with Crippen molar-refractivity contribution in [2.45, 2.75) is 89.9 Å². The average molecular weight is 357 g/mol. The molecule has 26 heavy (non-hydrogen) atoms. The number of aryl methyl sites for hydroxylation is 1. The fourth-order valence-corrected chi connectivity index (χ4v) is 5.30. The summed E-state index contributed by atoms with van der Waals surface area (Å²) in [5.41, 5.74) is 3.00. The Morgan fingerprint density at radius 3 is 2.50 bits per heavy atom. The molecule has 2 atom stereocenters. The van der Waals surface area contributed by atoms with E-state index in [1.807, 2.05) is 0 Å². The highest BCUT2D eigenvalue weighted by atomic mass is 16.5. The maximum atomic E-state index is 6.60. The first-order valence-electron chi connectivity index (χ1n) is 10.9. The third-order valence-corrected chi connectivity index (χ3v) is 7.26. The molecule has 3 aliphatic heterocycles. The van der Waals surface area contributed by atoms with Gasteiger partial charge in [-0.1, -0.05) is 25.5 Å². The van der Waals surface area contributed by atoms with Gasteiger partial charge in [0.15, 0.2) is 0 Å². The van der Waals surface area contributed by atoms with Gasteiger partial charge in [-0.25, -0.2) is 0 Å². The van der Waals surface area contributed by atoms with E-state index in [0.717, 1.165) is 12.3 Å². The van der Waals surface area contributed by atoms with Crippen LogP contribution in [0.1, 0.15) is 70.4 Å². The summed E-state index contributed by atoms with van der Waals surface area (Å²) >= 11 is 0. The standard InChI is InChI=1S/C23H36N2O/c1-4-24-14-12-23(13-15-24)11-10-21-16-20(8-9-22(21)26-23)17-25-18(2)6-5-7-19(25)3/h8-9,16,18-19H,4-7,10-15,17H2,1-3H3. The van der Waals surface area contributed by atoms with Crippen LogP contribution in [-0.2, 0) is 13.0 Å². The van der Waals surface area contributed by atoms with Crippen LogP contribution >= 0.6 is 0 Å². The second kappa shape index (κ2) is 7.52. The maximum absolute atomic E-state index is 6.60. The number of nitrogens with zero attached hydrogens (tertiary/aromatic N) is 2. The molecule has 3 heteroatoms. The molecule has 4 rings (SSSR count). The van der Waals surface area contributed by atoms with Crippen molar-refractivity contribution in [1.82, 2.24) is 9.80 Å². The summed E-state index contributed by atoms with van der Waals surface area (Å²) < 4.78 is 6.60. The molecule has 3 aliphatic rings. The zero-order chi connectivity index (χ0) is 18.1. The summed E-state index contributed by atoms with van der Waals surface area (Å²) in [6, 6.07) is 8.41.